The van der Waals surface area contributed by atoms with Crippen molar-refractivity contribution in [3.05, 3.63) is 24.3 Å². The van der Waals surface area contributed by atoms with Crippen molar-refractivity contribution in [2.75, 3.05) is 25.0 Å². The number of hydrogen-bond acceptors (Lipinski definition) is 4. The quantitative estimate of drug-likeness (QED) is 0.840. The van der Waals surface area contributed by atoms with Gasteiger partial charge in [0.15, 0.2) is 0 Å². The molecule has 1 N–H and O–H groups in total. The minimum atomic E-state index is -3.57. The number of nitrogens with zero attached hydrogens (tertiary/aromatic N) is 1. The highest BCUT2D eigenvalue weighted by Crippen LogP contribution is 2.27. The van der Waals surface area contributed by atoms with Gasteiger partial charge in [0.05, 0.1) is 11.8 Å². The Balaban J connectivity index is 1.65. The van der Waals surface area contributed by atoms with E-state index in [2.05, 4.69) is 5.32 Å². The normalized spacial score (nSPS) is 19.8. The average molecular weight is 366 g/mol. The van der Waals surface area contributed by atoms with Gasteiger partial charge in [0, 0.05) is 13.1 Å². The summed E-state index contributed by atoms with van der Waals surface area (Å²) < 4.78 is 32.7. The number of sulfonamides is 1. The Hall–Kier alpha value is -1.44. The Kier molecular flexibility index (Phi) is 6.09. The van der Waals surface area contributed by atoms with Crippen LogP contribution >= 0.6 is 0 Å². The summed E-state index contributed by atoms with van der Waals surface area (Å²) in [5.74, 6) is -0.311. The molecule has 0 radical (unpaired) electrons. The van der Waals surface area contributed by atoms with Crippen molar-refractivity contribution in [1.29, 1.82) is 0 Å². The van der Waals surface area contributed by atoms with Crippen molar-refractivity contribution >= 4 is 21.6 Å². The van der Waals surface area contributed by atoms with Gasteiger partial charge in [0.1, 0.15) is 11.5 Å². The van der Waals surface area contributed by atoms with E-state index in [0.29, 0.717) is 18.8 Å². The van der Waals surface area contributed by atoms with Crippen LogP contribution in [0.5, 0.6) is 0 Å². The third kappa shape index (κ3) is 4.59. The molecule has 0 aromatic heterocycles. The summed E-state index contributed by atoms with van der Waals surface area (Å²) in [6.45, 7) is 1.04. The number of anilines is 1. The molecule has 1 amide bonds. The van der Waals surface area contributed by atoms with Gasteiger partial charge in [-0.05, 0) is 37.8 Å². The summed E-state index contributed by atoms with van der Waals surface area (Å²) in [6.07, 6.45) is 7.40. The molecule has 1 heterocycles. The van der Waals surface area contributed by atoms with Crippen LogP contribution in [0.25, 0.3) is 0 Å². The van der Waals surface area contributed by atoms with Crippen LogP contribution in [0, 0.1) is 0 Å². The number of hydrogen-bond donors (Lipinski definition) is 1. The molecule has 1 aliphatic carbocycles. The summed E-state index contributed by atoms with van der Waals surface area (Å²) in [7, 11) is -3.57. The van der Waals surface area contributed by atoms with Crippen LogP contribution in [0.3, 0.4) is 0 Å². The molecule has 0 unspecified atom stereocenters. The van der Waals surface area contributed by atoms with E-state index in [9.17, 15) is 13.2 Å². The third-order valence-corrected chi connectivity index (χ3v) is 6.80. The van der Waals surface area contributed by atoms with Crippen molar-refractivity contribution in [3.8, 4) is 0 Å². The minimum absolute atomic E-state index is 0.0389. The van der Waals surface area contributed by atoms with Crippen molar-refractivity contribution in [3.63, 3.8) is 0 Å². The lowest BCUT2D eigenvalue weighted by Crippen LogP contribution is -2.30. The van der Waals surface area contributed by atoms with Crippen LogP contribution in [0.2, 0.25) is 0 Å². The van der Waals surface area contributed by atoms with Crippen molar-refractivity contribution in [2.45, 2.75) is 55.9 Å². The van der Waals surface area contributed by atoms with Gasteiger partial charge in [-0.2, -0.15) is 4.31 Å². The maximum Gasteiger partial charge on any atom is 0.250 e. The molecular weight excluding hydrogens is 340 g/mol. The molecule has 25 heavy (non-hydrogen) atoms. The lowest BCUT2D eigenvalue weighted by molar-refractivity contribution is -0.123. The van der Waals surface area contributed by atoms with E-state index in [4.69, 9.17) is 4.74 Å². The Bertz CT molecular complexity index is 693. The number of ether oxygens (including phenoxy) is 1. The van der Waals surface area contributed by atoms with E-state index >= 15 is 0 Å². The van der Waals surface area contributed by atoms with Crippen LogP contribution in [-0.2, 0) is 19.6 Å². The van der Waals surface area contributed by atoms with Crippen LogP contribution in [-0.4, -0.2) is 44.4 Å². The fourth-order valence-corrected chi connectivity index (χ4v) is 5.14. The Morgan fingerprint density at radius 2 is 1.76 bits per heavy atom. The fraction of sp³-hybridized carbons (Fsp3) is 0.611. The second-order valence-corrected chi connectivity index (χ2v) is 8.63. The zero-order chi connectivity index (χ0) is 17.7. The molecule has 0 bridgehead atoms. The number of carbonyl (C=O) groups excluding carboxylic acids is 1. The Labute approximate surface area is 149 Å². The van der Waals surface area contributed by atoms with Crippen molar-refractivity contribution in [2.24, 2.45) is 0 Å². The maximum atomic E-state index is 12.8. The number of benzene rings is 1. The molecule has 3 rings (SSSR count). The fourth-order valence-electron chi connectivity index (χ4n) is 3.47. The standard InChI is InChI=1S/C18H26N2O4S/c21-18(14-24-15-8-2-1-3-9-15)19-16-10-4-5-11-17(16)25(22,23)20-12-6-7-13-20/h4-5,10-11,15H,1-3,6-9,12-14H2,(H,19,21). The molecule has 1 aliphatic heterocycles. The molecule has 138 valence electrons. The van der Waals surface area contributed by atoms with Crippen LogP contribution in [0.1, 0.15) is 44.9 Å². The van der Waals surface area contributed by atoms with Crippen LogP contribution in [0.15, 0.2) is 29.2 Å². The topological polar surface area (TPSA) is 75.7 Å². The van der Waals surface area contributed by atoms with Gasteiger partial charge in [-0.15, -0.1) is 0 Å². The molecule has 1 aromatic carbocycles. The van der Waals surface area contributed by atoms with Gasteiger partial charge in [0.2, 0.25) is 15.9 Å². The highest BCUT2D eigenvalue weighted by Gasteiger charge is 2.29. The number of carbonyl (C=O) groups is 1. The number of rotatable bonds is 6. The number of nitrogens with one attached hydrogen (secondary N) is 1. The van der Waals surface area contributed by atoms with E-state index in [0.717, 1.165) is 38.5 Å². The molecule has 1 saturated carbocycles. The van der Waals surface area contributed by atoms with Gasteiger partial charge >= 0.3 is 0 Å². The molecule has 1 aromatic rings. The van der Waals surface area contributed by atoms with E-state index in [-0.39, 0.29) is 23.5 Å². The zero-order valence-corrected chi connectivity index (χ0v) is 15.3. The first-order valence-corrected chi connectivity index (χ1v) is 10.5. The predicted octanol–water partition coefficient (Wildman–Crippen LogP) is 2.76. The molecule has 2 aliphatic rings. The average Bonchev–Trinajstić information content (AvgIpc) is 3.17. The van der Waals surface area contributed by atoms with Gasteiger partial charge in [-0.3, -0.25) is 4.79 Å². The molecule has 2 fully saturated rings. The lowest BCUT2D eigenvalue weighted by atomic mass is 9.98. The van der Waals surface area contributed by atoms with E-state index in [1.54, 1.807) is 24.3 Å². The van der Waals surface area contributed by atoms with Crippen LogP contribution < -0.4 is 5.32 Å². The molecule has 0 spiro atoms. The second kappa shape index (κ2) is 8.29. The Morgan fingerprint density at radius 3 is 2.48 bits per heavy atom. The number of amides is 1. The van der Waals surface area contributed by atoms with Crippen LogP contribution in [0.4, 0.5) is 5.69 Å². The molecular formula is C18H26N2O4S. The minimum Gasteiger partial charge on any atom is -0.368 e. The first-order valence-electron chi connectivity index (χ1n) is 9.08. The van der Waals surface area contributed by atoms with E-state index in [1.807, 2.05) is 0 Å². The second-order valence-electron chi connectivity index (χ2n) is 6.73. The van der Waals surface area contributed by atoms with Gasteiger partial charge in [-0.25, -0.2) is 8.42 Å². The smallest absolute Gasteiger partial charge is 0.250 e. The van der Waals surface area contributed by atoms with Gasteiger partial charge in [0.25, 0.3) is 0 Å². The highest BCUT2D eigenvalue weighted by molar-refractivity contribution is 7.89. The Morgan fingerprint density at radius 1 is 1.08 bits per heavy atom. The van der Waals surface area contributed by atoms with Crippen molar-refractivity contribution in [1.82, 2.24) is 4.31 Å². The number of para-hydroxylation sites is 1. The van der Waals surface area contributed by atoms with Gasteiger partial charge in [-0.1, -0.05) is 31.4 Å². The summed E-state index contributed by atoms with van der Waals surface area (Å²) in [6, 6.07) is 6.57. The molecule has 6 nitrogen and oxygen atoms in total. The molecule has 0 atom stereocenters. The summed E-state index contributed by atoms with van der Waals surface area (Å²) in [4.78, 5) is 12.4. The third-order valence-electron chi connectivity index (χ3n) is 4.85. The summed E-state index contributed by atoms with van der Waals surface area (Å²) in [5, 5.41) is 2.71. The predicted molar refractivity (Wildman–Crippen MR) is 95.9 cm³/mol. The summed E-state index contributed by atoms with van der Waals surface area (Å²) >= 11 is 0. The zero-order valence-electron chi connectivity index (χ0n) is 14.4. The monoisotopic (exact) mass is 366 g/mol. The lowest BCUT2D eigenvalue weighted by Gasteiger charge is -2.22. The first kappa shape index (κ1) is 18.4. The highest BCUT2D eigenvalue weighted by atomic mass is 32.2. The largest absolute Gasteiger partial charge is 0.368 e. The van der Waals surface area contributed by atoms with Gasteiger partial charge < -0.3 is 10.1 Å². The molecule has 7 heteroatoms. The SMILES string of the molecule is O=C(COC1CCCCC1)Nc1ccccc1S(=O)(=O)N1CCCC1. The maximum absolute atomic E-state index is 12.8. The van der Waals surface area contributed by atoms with Crippen molar-refractivity contribution < 1.29 is 17.9 Å². The summed E-state index contributed by atoms with van der Waals surface area (Å²) in [5.41, 5.74) is 0.326. The van der Waals surface area contributed by atoms with E-state index in [1.165, 1.54) is 10.7 Å². The van der Waals surface area contributed by atoms with E-state index < -0.39 is 10.0 Å². The molecule has 1 saturated heterocycles. The first-order chi connectivity index (χ1) is 12.1.